The van der Waals surface area contributed by atoms with Gasteiger partial charge in [0.1, 0.15) is 0 Å². The fourth-order valence-corrected chi connectivity index (χ4v) is 2.09. The van der Waals surface area contributed by atoms with E-state index in [1.807, 2.05) is 12.1 Å². The Morgan fingerprint density at radius 2 is 2.00 bits per heavy atom. The third-order valence-corrected chi connectivity index (χ3v) is 3.45. The van der Waals surface area contributed by atoms with Gasteiger partial charge in [0.2, 0.25) is 0 Å². The van der Waals surface area contributed by atoms with Crippen LogP contribution in [0.4, 0.5) is 0 Å². The quantitative estimate of drug-likeness (QED) is 0.847. The van der Waals surface area contributed by atoms with Crippen molar-refractivity contribution >= 4 is 22.8 Å². The Balaban J connectivity index is 1.99. The first kappa shape index (κ1) is 13.2. The number of nitrogens with zero attached hydrogens (tertiary/aromatic N) is 1. The fraction of sp³-hybridized carbons (Fsp3) is 0.0667. The Bertz CT molecular complexity index is 585. The number of thiazole rings is 1. The molecule has 1 N–H and O–H groups in total. The minimum Gasteiger partial charge on any atom is -0.347 e. The summed E-state index contributed by atoms with van der Waals surface area (Å²) in [6.07, 6.45) is 3.45. The number of benzene rings is 1. The molecule has 96 valence electrons. The molecule has 0 aliphatic rings. The van der Waals surface area contributed by atoms with Gasteiger partial charge in [-0.3, -0.25) is 9.78 Å². The summed E-state index contributed by atoms with van der Waals surface area (Å²) < 4.78 is 0. The number of amides is 1. The van der Waals surface area contributed by atoms with Crippen LogP contribution in [0, 0.1) is 0 Å². The van der Waals surface area contributed by atoms with Crippen molar-refractivity contribution in [3.8, 4) is 0 Å². The molecule has 19 heavy (non-hydrogen) atoms. The van der Waals surface area contributed by atoms with E-state index in [1.54, 1.807) is 29.9 Å². The van der Waals surface area contributed by atoms with Gasteiger partial charge in [0, 0.05) is 16.6 Å². The number of carbonyl (C=O) groups is 1. The summed E-state index contributed by atoms with van der Waals surface area (Å²) in [6.45, 7) is 8.04. The van der Waals surface area contributed by atoms with Crippen molar-refractivity contribution in [2.45, 2.75) is 6.54 Å². The Morgan fingerprint density at radius 3 is 2.58 bits per heavy atom. The lowest BCUT2D eigenvalue weighted by Crippen LogP contribution is -2.22. The van der Waals surface area contributed by atoms with E-state index in [1.165, 1.54) is 11.3 Å². The Morgan fingerprint density at radius 1 is 1.32 bits per heavy atom. The standard InChI is InChI=1S/C15H14N2OS/c1-3-11(2)12-4-6-13(7-5-12)15(18)17-9-14-8-16-10-19-14/h3-8,10H,1-2,9H2,(H,17,18). The summed E-state index contributed by atoms with van der Waals surface area (Å²) in [6, 6.07) is 7.30. The topological polar surface area (TPSA) is 42.0 Å². The van der Waals surface area contributed by atoms with Gasteiger partial charge >= 0.3 is 0 Å². The summed E-state index contributed by atoms with van der Waals surface area (Å²) in [7, 11) is 0. The van der Waals surface area contributed by atoms with Gasteiger partial charge in [0.25, 0.3) is 5.91 Å². The molecule has 1 amide bonds. The van der Waals surface area contributed by atoms with Crippen LogP contribution in [0.1, 0.15) is 20.8 Å². The highest BCUT2D eigenvalue weighted by molar-refractivity contribution is 7.09. The molecule has 0 bridgehead atoms. The molecule has 2 rings (SSSR count). The predicted octanol–water partition coefficient (Wildman–Crippen LogP) is 3.27. The number of hydrogen-bond acceptors (Lipinski definition) is 3. The molecule has 0 spiro atoms. The van der Waals surface area contributed by atoms with E-state index in [9.17, 15) is 4.79 Å². The molecule has 0 aliphatic carbocycles. The second-order valence-electron chi connectivity index (χ2n) is 3.96. The van der Waals surface area contributed by atoms with Crippen molar-refractivity contribution < 1.29 is 4.79 Å². The van der Waals surface area contributed by atoms with Crippen molar-refractivity contribution in [2.75, 3.05) is 0 Å². The van der Waals surface area contributed by atoms with Crippen LogP contribution in [0.3, 0.4) is 0 Å². The minimum atomic E-state index is -0.0934. The first-order valence-electron chi connectivity index (χ1n) is 5.78. The van der Waals surface area contributed by atoms with Crippen molar-refractivity contribution in [1.29, 1.82) is 0 Å². The van der Waals surface area contributed by atoms with Crippen molar-refractivity contribution in [1.82, 2.24) is 10.3 Å². The number of aromatic nitrogens is 1. The van der Waals surface area contributed by atoms with Gasteiger partial charge in [-0.05, 0) is 23.3 Å². The Hall–Kier alpha value is -2.20. The minimum absolute atomic E-state index is 0.0934. The molecule has 1 aromatic carbocycles. The molecule has 3 nitrogen and oxygen atoms in total. The number of allylic oxidation sites excluding steroid dienone is 2. The number of rotatable bonds is 5. The number of hydrogen-bond donors (Lipinski definition) is 1. The predicted molar refractivity (Wildman–Crippen MR) is 79.0 cm³/mol. The summed E-state index contributed by atoms with van der Waals surface area (Å²) in [5, 5.41) is 2.85. The van der Waals surface area contributed by atoms with Crippen molar-refractivity contribution in [3.63, 3.8) is 0 Å². The second-order valence-corrected chi connectivity index (χ2v) is 4.93. The van der Waals surface area contributed by atoms with Crippen LogP contribution in [0.25, 0.3) is 5.57 Å². The molecule has 2 aromatic rings. The average Bonchev–Trinajstić information content (AvgIpc) is 2.97. The molecule has 0 saturated heterocycles. The van der Waals surface area contributed by atoms with Gasteiger partial charge in [-0.2, -0.15) is 0 Å². The van der Waals surface area contributed by atoms with Crippen molar-refractivity contribution in [3.05, 3.63) is 71.2 Å². The van der Waals surface area contributed by atoms with Gasteiger partial charge in [-0.15, -0.1) is 11.3 Å². The average molecular weight is 270 g/mol. The maximum Gasteiger partial charge on any atom is 0.251 e. The highest BCUT2D eigenvalue weighted by atomic mass is 32.1. The van der Waals surface area contributed by atoms with E-state index in [4.69, 9.17) is 0 Å². The van der Waals surface area contributed by atoms with E-state index < -0.39 is 0 Å². The van der Waals surface area contributed by atoms with E-state index in [0.29, 0.717) is 12.1 Å². The maximum atomic E-state index is 11.9. The second kappa shape index (κ2) is 6.11. The summed E-state index contributed by atoms with van der Waals surface area (Å²) in [5.74, 6) is -0.0934. The molecular formula is C15H14N2OS. The zero-order chi connectivity index (χ0) is 13.7. The van der Waals surface area contributed by atoms with Crippen LogP contribution >= 0.6 is 11.3 Å². The lowest BCUT2D eigenvalue weighted by atomic mass is 10.1. The van der Waals surface area contributed by atoms with Gasteiger partial charge in [0.15, 0.2) is 0 Å². The van der Waals surface area contributed by atoms with Gasteiger partial charge in [0.05, 0.1) is 12.1 Å². The van der Waals surface area contributed by atoms with E-state index in [0.717, 1.165) is 16.0 Å². The van der Waals surface area contributed by atoms with Gasteiger partial charge in [-0.1, -0.05) is 31.4 Å². The first-order chi connectivity index (χ1) is 9.20. The highest BCUT2D eigenvalue weighted by Gasteiger charge is 2.06. The number of carbonyl (C=O) groups excluding carboxylic acids is 1. The molecule has 0 atom stereocenters. The van der Waals surface area contributed by atoms with Crippen LogP contribution in [0.5, 0.6) is 0 Å². The van der Waals surface area contributed by atoms with Crippen LogP contribution in [-0.4, -0.2) is 10.9 Å². The lowest BCUT2D eigenvalue weighted by Gasteiger charge is -2.05. The van der Waals surface area contributed by atoms with E-state index in [2.05, 4.69) is 23.5 Å². The summed E-state index contributed by atoms with van der Waals surface area (Å²) in [5.41, 5.74) is 4.19. The van der Waals surface area contributed by atoms with Crippen molar-refractivity contribution in [2.24, 2.45) is 0 Å². The Kier molecular flexibility index (Phi) is 4.26. The number of nitrogens with one attached hydrogen (secondary N) is 1. The SMILES string of the molecule is C=CC(=C)c1ccc(C(=O)NCc2cncs2)cc1. The van der Waals surface area contributed by atoms with E-state index in [-0.39, 0.29) is 5.91 Å². The molecule has 0 radical (unpaired) electrons. The summed E-state index contributed by atoms with van der Waals surface area (Å²) >= 11 is 1.52. The smallest absolute Gasteiger partial charge is 0.251 e. The van der Waals surface area contributed by atoms with Crippen LogP contribution in [0.15, 0.2) is 55.2 Å². The first-order valence-corrected chi connectivity index (χ1v) is 6.66. The molecule has 1 heterocycles. The monoisotopic (exact) mass is 270 g/mol. The maximum absolute atomic E-state index is 11.9. The highest BCUT2D eigenvalue weighted by Crippen LogP contribution is 2.14. The largest absolute Gasteiger partial charge is 0.347 e. The van der Waals surface area contributed by atoms with Crippen LogP contribution in [0.2, 0.25) is 0 Å². The van der Waals surface area contributed by atoms with E-state index >= 15 is 0 Å². The molecular weight excluding hydrogens is 256 g/mol. The summed E-state index contributed by atoms with van der Waals surface area (Å²) in [4.78, 5) is 16.9. The molecule has 1 aromatic heterocycles. The molecule has 4 heteroatoms. The normalized spacial score (nSPS) is 9.89. The van der Waals surface area contributed by atoms with Gasteiger partial charge in [-0.25, -0.2) is 0 Å². The van der Waals surface area contributed by atoms with Crippen LogP contribution in [-0.2, 0) is 6.54 Å². The van der Waals surface area contributed by atoms with Crippen LogP contribution < -0.4 is 5.32 Å². The van der Waals surface area contributed by atoms with Gasteiger partial charge < -0.3 is 5.32 Å². The fourth-order valence-electron chi connectivity index (χ4n) is 1.55. The zero-order valence-corrected chi connectivity index (χ0v) is 11.2. The third kappa shape index (κ3) is 3.39. The lowest BCUT2D eigenvalue weighted by molar-refractivity contribution is 0.0951. The zero-order valence-electron chi connectivity index (χ0n) is 10.4. The molecule has 0 saturated carbocycles. The Labute approximate surface area is 116 Å². The molecule has 0 unspecified atom stereocenters. The molecule has 0 aliphatic heterocycles. The molecule has 0 fully saturated rings. The third-order valence-electron chi connectivity index (χ3n) is 2.67.